The summed E-state index contributed by atoms with van der Waals surface area (Å²) in [5.41, 5.74) is 12.6. The molecule has 29 nitrogen and oxygen atoms in total. The Morgan fingerprint density at radius 2 is 1.22 bits per heavy atom. The number of benzene rings is 1. The first kappa shape index (κ1) is 83.2. The maximum atomic E-state index is 15.0. The summed E-state index contributed by atoms with van der Waals surface area (Å²) in [5.74, 6) is -14.1. The number of hydrogen-bond acceptors (Lipinski definition) is 17. The molecule has 0 aromatic heterocycles. The van der Waals surface area contributed by atoms with Crippen LogP contribution in [-0.2, 0) is 73.5 Å². The lowest BCUT2D eigenvalue weighted by molar-refractivity contribution is -0.157. The van der Waals surface area contributed by atoms with Crippen molar-refractivity contribution < 1.29 is 72.2 Å². The Bertz CT molecular complexity index is 2890. The molecule has 1 aromatic rings. The smallest absolute Gasteiger partial charge is 0.329 e. The predicted molar refractivity (Wildman–Crippen MR) is 363 cm³/mol. The molecule has 2 aliphatic rings. The van der Waals surface area contributed by atoms with E-state index in [9.17, 15) is 62.6 Å². The van der Waals surface area contributed by atoms with Crippen molar-refractivity contribution in [3.8, 4) is 0 Å². The van der Waals surface area contributed by atoms with Crippen LogP contribution in [0.15, 0.2) is 42.5 Å². The third kappa shape index (κ3) is 25.1. The predicted octanol–water partition coefficient (Wildman–Crippen LogP) is -0.495. The summed E-state index contributed by atoms with van der Waals surface area (Å²) >= 11 is 0. The lowest BCUT2D eigenvalue weighted by Gasteiger charge is -2.33. The Labute approximate surface area is 571 Å². The van der Waals surface area contributed by atoms with Crippen LogP contribution in [0.4, 0.5) is 0 Å². The highest BCUT2D eigenvalue weighted by atomic mass is 16.5. The van der Waals surface area contributed by atoms with Crippen LogP contribution in [0.5, 0.6) is 0 Å². The fourth-order valence-corrected chi connectivity index (χ4v) is 10.9. The Morgan fingerprint density at radius 1 is 0.639 bits per heavy atom. The van der Waals surface area contributed by atoms with Gasteiger partial charge in [-0.1, -0.05) is 146 Å². The molecular weight excluding hydrogens is 1250 g/mol. The van der Waals surface area contributed by atoms with Gasteiger partial charge in [-0.15, -0.1) is 0 Å². The van der Waals surface area contributed by atoms with Gasteiger partial charge >= 0.3 is 5.97 Å². The van der Waals surface area contributed by atoms with Gasteiger partial charge in [-0.2, -0.15) is 0 Å². The number of nitrogens with zero attached hydrogens (tertiary/aromatic N) is 1. The van der Waals surface area contributed by atoms with Crippen molar-refractivity contribution in [1.29, 1.82) is 0 Å². The molecule has 2 aliphatic heterocycles. The van der Waals surface area contributed by atoms with Crippen molar-refractivity contribution in [2.24, 2.45) is 52.9 Å². The molecule has 0 saturated carbocycles. The van der Waals surface area contributed by atoms with Gasteiger partial charge in [-0.05, 0) is 93.1 Å². The summed E-state index contributed by atoms with van der Waals surface area (Å²) in [6.07, 6.45) is 0.722. The van der Waals surface area contributed by atoms with Crippen molar-refractivity contribution in [3.63, 3.8) is 0 Å². The lowest BCUT2D eigenvalue weighted by atomic mass is 9.95. The maximum Gasteiger partial charge on any atom is 0.329 e. The second-order valence-electron chi connectivity index (χ2n) is 27.4. The normalized spacial score (nSPS) is 23.4. The molecule has 1 saturated heterocycles. The molecule has 97 heavy (non-hydrogen) atoms. The van der Waals surface area contributed by atoms with Gasteiger partial charge in [0, 0.05) is 25.6 Å². The summed E-state index contributed by atoms with van der Waals surface area (Å²) in [4.78, 5) is 186. The van der Waals surface area contributed by atoms with Gasteiger partial charge in [-0.25, -0.2) is 4.79 Å². The third-order valence-corrected chi connectivity index (χ3v) is 17.7. The first-order chi connectivity index (χ1) is 45.5. The van der Waals surface area contributed by atoms with Gasteiger partial charge in [-0.3, -0.25) is 57.5 Å². The first-order valence-corrected chi connectivity index (χ1v) is 34.2. The van der Waals surface area contributed by atoms with E-state index in [1.54, 1.807) is 127 Å². The molecule has 2 heterocycles. The minimum Gasteiger partial charge on any atom is -0.458 e. The average molecular weight is 1370 g/mol. The zero-order valence-corrected chi connectivity index (χ0v) is 59.5. The van der Waals surface area contributed by atoms with E-state index in [4.69, 9.17) is 16.2 Å². The quantitative estimate of drug-likeness (QED) is 0.0471. The number of aliphatic hydroxyl groups excluding tert-OH is 1. The highest BCUT2D eigenvalue weighted by Gasteiger charge is 2.44. The third-order valence-electron chi connectivity index (χ3n) is 17.7. The summed E-state index contributed by atoms with van der Waals surface area (Å²) in [6.45, 7) is 26.3. The molecule has 0 bridgehead atoms. The van der Waals surface area contributed by atoms with Crippen molar-refractivity contribution in [2.45, 2.75) is 240 Å². The van der Waals surface area contributed by atoms with E-state index < -0.39 is 197 Å². The Kier molecular flexibility index (Phi) is 34.3. The number of hydrogen-bond donors (Lipinski definition) is 14. The fourth-order valence-electron chi connectivity index (χ4n) is 10.9. The fraction of sp³-hybridized carbons (Fsp3) is 0.691. The van der Waals surface area contributed by atoms with Crippen LogP contribution in [0.3, 0.4) is 0 Å². The van der Waals surface area contributed by atoms with Crippen LogP contribution in [-0.4, -0.2) is 191 Å². The molecular formula is C68H112N14O15. The Balaban J connectivity index is 2.04. The number of aliphatic hydroxyl groups is 1. The zero-order chi connectivity index (χ0) is 73.3. The number of amides is 12. The summed E-state index contributed by atoms with van der Waals surface area (Å²) in [5, 5.41) is 40.1. The Morgan fingerprint density at radius 3 is 1.77 bits per heavy atom. The van der Waals surface area contributed by atoms with Gasteiger partial charge < -0.3 is 84.7 Å². The molecule has 3 unspecified atom stereocenters. The van der Waals surface area contributed by atoms with E-state index in [0.29, 0.717) is 18.4 Å². The number of likely N-dealkylation sites (tertiary alicyclic amines) is 1. The number of esters is 1. The highest BCUT2D eigenvalue weighted by molar-refractivity contribution is 6.00. The molecule has 0 spiro atoms. The van der Waals surface area contributed by atoms with Crippen molar-refractivity contribution in [1.82, 2.24) is 63.4 Å². The largest absolute Gasteiger partial charge is 0.458 e. The molecule has 1 aromatic carbocycles. The number of rotatable bonds is 28. The minimum atomic E-state index is -1.81. The van der Waals surface area contributed by atoms with Crippen LogP contribution in [0, 0.1) is 41.4 Å². The molecule has 16 atom stereocenters. The van der Waals surface area contributed by atoms with Gasteiger partial charge in [0.25, 0.3) is 0 Å². The van der Waals surface area contributed by atoms with Gasteiger partial charge in [0.2, 0.25) is 70.9 Å². The summed E-state index contributed by atoms with van der Waals surface area (Å²) in [7, 11) is 0. The molecule has 12 amide bonds. The second kappa shape index (κ2) is 40.0. The molecule has 1 fully saturated rings. The van der Waals surface area contributed by atoms with Crippen LogP contribution in [0.25, 0.3) is 0 Å². The van der Waals surface area contributed by atoms with Crippen LogP contribution in [0.1, 0.15) is 155 Å². The van der Waals surface area contributed by atoms with Gasteiger partial charge in [0.15, 0.2) is 0 Å². The van der Waals surface area contributed by atoms with E-state index in [2.05, 4.69) is 58.5 Å². The highest BCUT2D eigenvalue weighted by Crippen LogP contribution is 2.23. The SMILES string of the molecule is CC[C@H](C)[C@H](NC(=O)[C@H](CCCN)NC(=O)[C@@H]1CCCN1C(=O)[C@@H](NC(=O)[C@@H](NC(=O)[C@@H](NC(=O)[C@@H](N)C(C)C)[C@@H](C)O)C(C)C)C(C)C)C(=O)N[C@@H]1C(=O)N[C@@H]([C@@H](C)CC)C(=O)NC(Cc2ccccc2)C(=O)NC(C(C)C)C(=O)NC/C=C\C(=O)NC(C(C)C)C(=O)O[C@@H]1C. The van der Waals surface area contributed by atoms with E-state index in [0.717, 1.165) is 6.08 Å². The molecule has 0 radical (unpaired) electrons. The standard InChI is InChI=1S/C68H112N14O15/c1-17-39(13)53-63(91)73-45(33-43-25-20-19-21-26-43)58(86)75-49(35(5)6)61(89)71-31-23-29-47(84)74-52(38(11)12)68(96)97-42(16)56(66(94)79-53)81-64(92)54(40(14)18-2)78-57(85)44(27-22-30-69)72-59(87)46-28-24-32-82(46)67(95)51(37(9)10)77-62(90)50(36(7)8)76-65(93)55(41(15)83)80-60(88)48(70)34(3)4/h19-21,23,25-26,29,34-42,44-46,48-56,83H,17-18,22,24,27-28,30-33,69-70H2,1-16H3,(H,71,89)(H,72,87)(H,73,91)(H,74,84)(H,75,86)(H,76,93)(H,77,90)(H,78,85)(H,79,94)(H,80,88)(H,81,92)/b29-23-/t39-,40-,41+,42+,44-,45?,46-,48-,49?,50-,51-,52?,53-,54-,55-,56-/m0/s1. The zero-order valence-electron chi connectivity index (χ0n) is 59.5. The van der Waals surface area contributed by atoms with Crippen molar-refractivity contribution >= 4 is 76.9 Å². The summed E-state index contributed by atoms with van der Waals surface area (Å²) < 4.78 is 5.92. The summed E-state index contributed by atoms with van der Waals surface area (Å²) in [6, 6.07) is -7.07. The van der Waals surface area contributed by atoms with Crippen LogP contribution >= 0.6 is 0 Å². The molecule has 29 heteroatoms. The monoisotopic (exact) mass is 1360 g/mol. The lowest BCUT2D eigenvalue weighted by Crippen LogP contribution is -2.64. The topological polar surface area (TPSA) is 439 Å². The van der Waals surface area contributed by atoms with E-state index in [1.807, 2.05) is 0 Å². The molecule has 3 rings (SSSR count). The second-order valence-corrected chi connectivity index (χ2v) is 27.4. The average Bonchev–Trinajstić information content (AvgIpc) is 1.81. The molecule has 544 valence electrons. The number of nitrogens with two attached hydrogens (primary N) is 2. The first-order valence-electron chi connectivity index (χ1n) is 34.2. The van der Waals surface area contributed by atoms with Crippen molar-refractivity contribution in [3.05, 3.63) is 48.0 Å². The van der Waals surface area contributed by atoms with Gasteiger partial charge in [0.1, 0.15) is 72.6 Å². The van der Waals surface area contributed by atoms with E-state index in [1.165, 1.54) is 24.8 Å². The number of cyclic esters (lactones) is 1. The Hall–Kier alpha value is -8.05. The van der Waals surface area contributed by atoms with Crippen LogP contribution in [0.2, 0.25) is 0 Å². The van der Waals surface area contributed by atoms with E-state index >= 15 is 4.79 Å². The minimum absolute atomic E-state index is 0.0382. The maximum absolute atomic E-state index is 15.0. The van der Waals surface area contributed by atoms with Gasteiger partial charge in [0.05, 0.1) is 12.1 Å². The number of carbonyl (C=O) groups excluding carboxylic acids is 13. The van der Waals surface area contributed by atoms with Crippen molar-refractivity contribution in [2.75, 3.05) is 19.6 Å². The molecule has 0 aliphatic carbocycles. The number of nitrogens with one attached hydrogen (secondary N) is 11. The van der Waals surface area contributed by atoms with Crippen LogP contribution < -0.4 is 70.0 Å². The van der Waals surface area contributed by atoms with E-state index in [-0.39, 0.29) is 57.7 Å². The number of ether oxygens (including phenoxy) is 1. The number of carbonyl (C=O) groups is 13. The molecule has 16 N–H and O–H groups in total.